The normalized spacial score (nSPS) is 33.2. The molecule has 0 spiro atoms. The van der Waals surface area contributed by atoms with E-state index in [0.29, 0.717) is 12.6 Å². The Bertz CT molecular complexity index is 194. The van der Waals surface area contributed by atoms with E-state index in [2.05, 4.69) is 17.1 Å². The summed E-state index contributed by atoms with van der Waals surface area (Å²) < 4.78 is 0. The smallest absolute Gasteiger partial charge is 0.0558 e. The van der Waals surface area contributed by atoms with Crippen molar-refractivity contribution in [2.45, 2.75) is 32.2 Å². The van der Waals surface area contributed by atoms with Crippen LogP contribution in [0.3, 0.4) is 0 Å². The van der Waals surface area contributed by atoms with E-state index >= 15 is 0 Å². The number of nitrogens with zero attached hydrogens (tertiary/aromatic N) is 1. The minimum Gasteiger partial charge on any atom is -0.395 e. The van der Waals surface area contributed by atoms with Crippen molar-refractivity contribution in [2.24, 2.45) is 11.8 Å². The first-order valence-corrected chi connectivity index (χ1v) is 6.34. The van der Waals surface area contributed by atoms with Crippen molar-refractivity contribution in [2.75, 3.05) is 32.8 Å². The summed E-state index contributed by atoms with van der Waals surface area (Å²) in [7, 11) is 0. The summed E-state index contributed by atoms with van der Waals surface area (Å²) in [6.07, 6.45) is 4.15. The molecule has 1 saturated carbocycles. The monoisotopic (exact) mass is 212 g/mol. The predicted octanol–water partition coefficient (Wildman–Crippen LogP) is 0.689. The fraction of sp³-hybridized carbons (Fsp3) is 1.00. The third kappa shape index (κ3) is 3.74. The van der Waals surface area contributed by atoms with Gasteiger partial charge in [-0.2, -0.15) is 0 Å². The van der Waals surface area contributed by atoms with Crippen molar-refractivity contribution in [3.8, 4) is 0 Å². The lowest BCUT2D eigenvalue weighted by molar-refractivity contribution is 0.122. The van der Waals surface area contributed by atoms with Gasteiger partial charge in [0.25, 0.3) is 0 Å². The molecule has 2 aliphatic rings. The molecule has 2 unspecified atom stereocenters. The van der Waals surface area contributed by atoms with Crippen LogP contribution in [-0.2, 0) is 0 Å². The molecule has 3 heteroatoms. The van der Waals surface area contributed by atoms with E-state index in [0.717, 1.165) is 31.5 Å². The number of piperidine rings is 1. The van der Waals surface area contributed by atoms with Crippen LogP contribution in [0.15, 0.2) is 0 Å². The summed E-state index contributed by atoms with van der Waals surface area (Å²) in [5.41, 5.74) is 0. The van der Waals surface area contributed by atoms with Gasteiger partial charge in [-0.25, -0.2) is 0 Å². The zero-order valence-corrected chi connectivity index (χ0v) is 9.78. The second kappa shape index (κ2) is 5.28. The molecule has 0 aromatic carbocycles. The second-order valence-corrected chi connectivity index (χ2v) is 5.37. The van der Waals surface area contributed by atoms with Crippen molar-refractivity contribution in [1.29, 1.82) is 0 Å². The van der Waals surface area contributed by atoms with E-state index < -0.39 is 0 Å². The highest BCUT2D eigenvalue weighted by molar-refractivity contribution is 4.84. The van der Waals surface area contributed by atoms with Crippen LogP contribution < -0.4 is 5.32 Å². The number of rotatable bonds is 5. The number of nitrogens with one attached hydrogen (secondary N) is 1. The Morgan fingerprint density at radius 3 is 2.80 bits per heavy atom. The molecule has 1 heterocycles. The number of aliphatic hydroxyl groups excluding tert-OH is 1. The van der Waals surface area contributed by atoms with Crippen LogP contribution in [0.5, 0.6) is 0 Å². The van der Waals surface area contributed by atoms with Gasteiger partial charge in [0.1, 0.15) is 0 Å². The molecule has 1 saturated heterocycles. The third-order valence-corrected chi connectivity index (χ3v) is 3.54. The van der Waals surface area contributed by atoms with Crippen LogP contribution in [0, 0.1) is 11.8 Å². The Hall–Kier alpha value is -0.120. The topological polar surface area (TPSA) is 35.5 Å². The van der Waals surface area contributed by atoms with Crippen LogP contribution in [-0.4, -0.2) is 48.8 Å². The maximum atomic E-state index is 8.96. The number of aliphatic hydroxyl groups is 1. The van der Waals surface area contributed by atoms with Crippen molar-refractivity contribution in [1.82, 2.24) is 10.2 Å². The van der Waals surface area contributed by atoms with Gasteiger partial charge >= 0.3 is 0 Å². The summed E-state index contributed by atoms with van der Waals surface area (Å²) in [6, 6.07) is 0.654. The van der Waals surface area contributed by atoms with Crippen molar-refractivity contribution >= 4 is 0 Å². The fourth-order valence-corrected chi connectivity index (χ4v) is 2.59. The largest absolute Gasteiger partial charge is 0.395 e. The van der Waals surface area contributed by atoms with Crippen LogP contribution in [0.2, 0.25) is 0 Å². The zero-order valence-electron chi connectivity index (χ0n) is 9.78. The zero-order chi connectivity index (χ0) is 10.7. The molecular formula is C12H24N2O. The molecule has 0 amide bonds. The quantitative estimate of drug-likeness (QED) is 0.704. The Morgan fingerprint density at radius 2 is 2.13 bits per heavy atom. The van der Waals surface area contributed by atoms with Crippen LogP contribution in [0.4, 0.5) is 0 Å². The Morgan fingerprint density at radius 1 is 1.33 bits per heavy atom. The summed E-state index contributed by atoms with van der Waals surface area (Å²) in [4.78, 5) is 2.39. The minimum atomic E-state index is 0.294. The van der Waals surface area contributed by atoms with Gasteiger partial charge in [0.2, 0.25) is 0 Å². The van der Waals surface area contributed by atoms with Gasteiger partial charge in [0.05, 0.1) is 6.61 Å². The number of hydrogen-bond donors (Lipinski definition) is 2. The molecule has 1 aliphatic carbocycles. The first kappa shape index (κ1) is 11.4. The van der Waals surface area contributed by atoms with Crippen LogP contribution >= 0.6 is 0 Å². The van der Waals surface area contributed by atoms with Gasteiger partial charge in [-0.3, -0.25) is 4.90 Å². The second-order valence-electron chi connectivity index (χ2n) is 5.37. The van der Waals surface area contributed by atoms with Crippen LogP contribution in [0.1, 0.15) is 26.2 Å². The molecule has 2 fully saturated rings. The molecule has 0 radical (unpaired) electrons. The SMILES string of the molecule is CC1CC(NCC2CC2)CN(CCO)C1. The standard InChI is InChI=1S/C12H24N2O/c1-10-6-12(13-7-11-2-3-11)9-14(8-10)4-5-15/h10-13,15H,2-9H2,1H3. The summed E-state index contributed by atoms with van der Waals surface area (Å²) in [5, 5.41) is 12.6. The van der Waals surface area contributed by atoms with E-state index in [1.807, 2.05) is 0 Å². The average molecular weight is 212 g/mol. The maximum Gasteiger partial charge on any atom is 0.0558 e. The Labute approximate surface area is 92.8 Å². The molecule has 1 aliphatic heterocycles. The Balaban J connectivity index is 1.72. The highest BCUT2D eigenvalue weighted by Crippen LogP contribution is 2.28. The molecule has 88 valence electrons. The van der Waals surface area contributed by atoms with Gasteiger partial charge in [-0.15, -0.1) is 0 Å². The highest BCUT2D eigenvalue weighted by Gasteiger charge is 2.26. The van der Waals surface area contributed by atoms with E-state index in [4.69, 9.17) is 5.11 Å². The molecule has 3 nitrogen and oxygen atoms in total. The summed E-state index contributed by atoms with van der Waals surface area (Å²) in [6.45, 7) is 6.94. The number of β-amino-alcohol motifs (C(OH)–C–C–N with tert-alkyl or cyclic N) is 1. The number of hydrogen-bond acceptors (Lipinski definition) is 3. The van der Waals surface area contributed by atoms with Crippen LogP contribution in [0.25, 0.3) is 0 Å². The van der Waals surface area contributed by atoms with Gasteiger partial charge < -0.3 is 10.4 Å². The van der Waals surface area contributed by atoms with Crippen molar-refractivity contribution < 1.29 is 5.11 Å². The number of likely N-dealkylation sites (tertiary alicyclic amines) is 1. The first-order valence-electron chi connectivity index (χ1n) is 6.34. The van der Waals surface area contributed by atoms with E-state index in [1.165, 1.54) is 25.8 Å². The van der Waals surface area contributed by atoms with Gasteiger partial charge in [0, 0.05) is 25.7 Å². The average Bonchev–Trinajstić information content (AvgIpc) is 2.98. The molecule has 2 N–H and O–H groups in total. The first-order chi connectivity index (χ1) is 7.28. The molecule has 15 heavy (non-hydrogen) atoms. The lowest BCUT2D eigenvalue weighted by atomic mass is 9.96. The molecule has 0 aromatic heterocycles. The predicted molar refractivity (Wildman–Crippen MR) is 61.8 cm³/mol. The van der Waals surface area contributed by atoms with E-state index in [-0.39, 0.29) is 0 Å². The van der Waals surface area contributed by atoms with Gasteiger partial charge in [0.15, 0.2) is 0 Å². The van der Waals surface area contributed by atoms with Gasteiger partial charge in [-0.05, 0) is 37.6 Å². The molecule has 2 atom stereocenters. The molecular weight excluding hydrogens is 188 g/mol. The van der Waals surface area contributed by atoms with Crippen molar-refractivity contribution in [3.63, 3.8) is 0 Å². The summed E-state index contributed by atoms with van der Waals surface area (Å²) >= 11 is 0. The highest BCUT2D eigenvalue weighted by atomic mass is 16.3. The fourth-order valence-electron chi connectivity index (χ4n) is 2.59. The lowest BCUT2D eigenvalue weighted by Gasteiger charge is -2.36. The molecule has 2 rings (SSSR count). The summed E-state index contributed by atoms with van der Waals surface area (Å²) in [5.74, 6) is 1.73. The van der Waals surface area contributed by atoms with Crippen molar-refractivity contribution in [3.05, 3.63) is 0 Å². The molecule has 0 aromatic rings. The lowest BCUT2D eigenvalue weighted by Crippen LogP contribution is -2.49. The van der Waals surface area contributed by atoms with E-state index in [9.17, 15) is 0 Å². The minimum absolute atomic E-state index is 0.294. The Kier molecular flexibility index (Phi) is 4.00. The maximum absolute atomic E-state index is 8.96. The third-order valence-electron chi connectivity index (χ3n) is 3.54. The van der Waals surface area contributed by atoms with Gasteiger partial charge in [-0.1, -0.05) is 6.92 Å². The molecule has 0 bridgehead atoms. The van der Waals surface area contributed by atoms with E-state index in [1.54, 1.807) is 0 Å².